The van der Waals surface area contributed by atoms with E-state index in [1.54, 1.807) is 6.07 Å². The lowest BCUT2D eigenvalue weighted by Crippen LogP contribution is -2.01. The number of pyridine rings is 1. The van der Waals surface area contributed by atoms with Gasteiger partial charge in [0.1, 0.15) is 5.82 Å². The molecule has 10 aromatic rings. The molecule has 4 heterocycles. The largest absolute Gasteiger partial charge is 0.309 e. The van der Waals surface area contributed by atoms with Crippen molar-refractivity contribution in [3.05, 3.63) is 175 Å². The van der Waals surface area contributed by atoms with E-state index in [-0.39, 0.29) is 0 Å². The van der Waals surface area contributed by atoms with Gasteiger partial charge in [-0.3, -0.25) is 4.57 Å². The van der Waals surface area contributed by atoms with Gasteiger partial charge in [-0.05, 0) is 73.7 Å². The fraction of sp³-hybridized carbons (Fsp3) is 0.0213. The van der Waals surface area contributed by atoms with E-state index in [0.717, 1.165) is 67.0 Å². The van der Waals surface area contributed by atoms with Gasteiger partial charge in [-0.1, -0.05) is 103 Å². The Morgan fingerprint density at radius 2 is 1.21 bits per heavy atom. The highest BCUT2D eigenvalue weighted by molar-refractivity contribution is 6.26. The molecule has 0 atom stereocenters. The van der Waals surface area contributed by atoms with Crippen molar-refractivity contribution in [2.75, 3.05) is 0 Å². The quantitative estimate of drug-likeness (QED) is 0.182. The van der Waals surface area contributed by atoms with Crippen molar-refractivity contribution < 1.29 is 0 Å². The Morgan fingerprint density at radius 1 is 0.491 bits per heavy atom. The minimum absolute atomic E-state index is 0.575. The summed E-state index contributed by atoms with van der Waals surface area (Å²) in [4.78, 5) is 15.5. The summed E-state index contributed by atoms with van der Waals surface area (Å²) in [7, 11) is 0. The molecule has 0 unspecified atom stereocenters. The molecule has 4 aromatic heterocycles. The molecule has 53 heavy (non-hydrogen) atoms. The summed E-state index contributed by atoms with van der Waals surface area (Å²) in [5, 5.41) is 14.3. The summed E-state index contributed by atoms with van der Waals surface area (Å²) >= 11 is 0. The van der Waals surface area contributed by atoms with Crippen LogP contribution in [0.25, 0.3) is 89.2 Å². The van der Waals surface area contributed by atoms with Crippen molar-refractivity contribution in [1.29, 1.82) is 5.26 Å². The molecular formula is C47H30N6. The zero-order chi connectivity index (χ0) is 35.5. The number of rotatable bonds is 5. The van der Waals surface area contributed by atoms with Crippen molar-refractivity contribution in [3.63, 3.8) is 0 Å². The van der Waals surface area contributed by atoms with Gasteiger partial charge in [0.25, 0.3) is 0 Å². The molecule has 0 aliphatic carbocycles. The van der Waals surface area contributed by atoms with Crippen LogP contribution >= 0.6 is 0 Å². The first-order chi connectivity index (χ1) is 26.1. The van der Waals surface area contributed by atoms with Gasteiger partial charge in [-0.15, -0.1) is 0 Å². The van der Waals surface area contributed by atoms with Gasteiger partial charge in [0.05, 0.1) is 50.8 Å². The van der Waals surface area contributed by atoms with Gasteiger partial charge in [0.15, 0.2) is 5.82 Å². The van der Waals surface area contributed by atoms with Crippen LogP contribution in [0.2, 0.25) is 0 Å². The third kappa shape index (κ3) is 4.98. The van der Waals surface area contributed by atoms with E-state index in [4.69, 9.17) is 15.0 Å². The summed E-state index contributed by atoms with van der Waals surface area (Å²) in [6, 6.07) is 58.4. The highest BCUT2D eigenvalue weighted by atomic mass is 15.1. The molecule has 0 bridgehead atoms. The van der Waals surface area contributed by atoms with Crippen molar-refractivity contribution in [2.24, 2.45) is 0 Å². The third-order valence-corrected chi connectivity index (χ3v) is 10.0. The predicted octanol–water partition coefficient (Wildman–Crippen LogP) is 11.2. The highest BCUT2D eigenvalue weighted by Crippen LogP contribution is 2.42. The first kappa shape index (κ1) is 30.5. The molecule has 0 fully saturated rings. The van der Waals surface area contributed by atoms with Crippen LogP contribution < -0.4 is 0 Å². The normalized spacial score (nSPS) is 11.5. The van der Waals surface area contributed by atoms with E-state index < -0.39 is 0 Å². The summed E-state index contributed by atoms with van der Waals surface area (Å²) < 4.78 is 4.66. The SMILES string of the molecule is Cc1cccc(-c2nc(-c3cccc(C#N)c3)cc(-c3cccc(-n4c5ccccc5c5ccc6c(c7ccccc7n6-c6ccccc6)c54)n3)n2)c1. The zero-order valence-electron chi connectivity index (χ0n) is 28.8. The van der Waals surface area contributed by atoms with Crippen LogP contribution in [0, 0.1) is 18.3 Å². The molecule has 0 saturated heterocycles. The maximum atomic E-state index is 9.66. The molecule has 0 aliphatic heterocycles. The van der Waals surface area contributed by atoms with Crippen molar-refractivity contribution in [2.45, 2.75) is 6.92 Å². The number of nitriles is 1. The Bertz CT molecular complexity index is 3090. The molecule has 0 N–H and O–H groups in total. The van der Waals surface area contributed by atoms with E-state index in [9.17, 15) is 5.26 Å². The number of hydrogen-bond acceptors (Lipinski definition) is 4. The average molecular weight is 679 g/mol. The molecule has 0 saturated carbocycles. The maximum absolute atomic E-state index is 9.66. The Labute approximate surface area is 305 Å². The van der Waals surface area contributed by atoms with Crippen LogP contribution in [0.3, 0.4) is 0 Å². The van der Waals surface area contributed by atoms with Gasteiger partial charge in [0, 0.05) is 38.4 Å². The second-order valence-corrected chi connectivity index (χ2v) is 13.3. The van der Waals surface area contributed by atoms with E-state index in [1.807, 2.05) is 42.5 Å². The summed E-state index contributed by atoms with van der Waals surface area (Å²) in [6.45, 7) is 2.07. The van der Waals surface area contributed by atoms with E-state index in [2.05, 4.69) is 137 Å². The topological polar surface area (TPSA) is 72.3 Å². The fourth-order valence-electron chi connectivity index (χ4n) is 7.68. The zero-order valence-corrected chi connectivity index (χ0v) is 28.8. The molecule has 0 radical (unpaired) electrons. The Balaban J connectivity index is 1.24. The number of para-hydroxylation sites is 3. The first-order valence-corrected chi connectivity index (χ1v) is 17.6. The second-order valence-electron chi connectivity index (χ2n) is 13.3. The molecule has 248 valence electrons. The monoisotopic (exact) mass is 678 g/mol. The standard InChI is InChI=1S/C47H30N6/c1-30-12-9-15-33(26-30)47-50-39(32-14-10-13-31(27-32)29-48)28-40(51-47)38-20-11-23-44(49-38)53-41-21-7-5-18-35(41)36-24-25-43-45(46(36)53)37-19-6-8-22-42(37)52(43)34-16-3-2-4-17-34/h2-28H,1H3. The van der Waals surface area contributed by atoms with Crippen molar-refractivity contribution >= 4 is 43.6 Å². The molecule has 0 aliphatic rings. The minimum atomic E-state index is 0.575. The number of benzene rings is 6. The molecule has 10 rings (SSSR count). The first-order valence-electron chi connectivity index (χ1n) is 17.6. The van der Waals surface area contributed by atoms with E-state index >= 15 is 0 Å². The number of nitrogens with zero attached hydrogens (tertiary/aromatic N) is 6. The third-order valence-electron chi connectivity index (χ3n) is 10.0. The smallest absolute Gasteiger partial charge is 0.160 e. The molecule has 6 nitrogen and oxygen atoms in total. The number of aryl methyl sites for hydroxylation is 1. The molecule has 0 spiro atoms. The molecular weight excluding hydrogens is 649 g/mol. The maximum Gasteiger partial charge on any atom is 0.160 e. The Hall–Kier alpha value is -7.36. The molecule has 6 heteroatoms. The van der Waals surface area contributed by atoms with Gasteiger partial charge < -0.3 is 4.57 Å². The highest BCUT2D eigenvalue weighted by Gasteiger charge is 2.21. The second kappa shape index (κ2) is 12.2. The lowest BCUT2D eigenvalue weighted by atomic mass is 10.1. The van der Waals surface area contributed by atoms with Crippen molar-refractivity contribution in [3.8, 4) is 51.6 Å². The van der Waals surface area contributed by atoms with Crippen LogP contribution in [0.5, 0.6) is 0 Å². The van der Waals surface area contributed by atoms with Crippen LogP contribution in [0.15, 0.2) is 164 Å². The fourth-order valence-corrected chi connectivity index (χ4v) is 7.68. The van der Waals surface area contributed by atoms with Gasteiger partial charge in [-0.25, -0.2) is 15.0 Å². The lowest BCUT2D eigenvalue weighted by Gasteiger charge is -2.12. The van der Waals surface area contributed by atoms with Crippen LogP contribution in [-0.4, -0.2) is 24.1 Å². The number of aromatic nitrogens is 5. The molecule has 0 amide bonds. The predicted molar refractivity (Wildman–Crippen MR) is 214 cm³/mol. The average Bonchev–Trinajstić information content (AvgIpc) is 3.74. The minimum Gasteiger partial charge on any atom is -0.309 e. The van der Waals surface area contributed by atoms with Gasteiger partial charge in [-0.2, -0.15) is 5.26 Å². The summed E-state index contributed by atoms with van der Waals surface area (Å²) in [5.74, 6) is 1.39. The van der Waals surface area contributed by atoms with E-state index in [1.165, 1.54) is 16.2 Å². The summed E-state index contributed by atoms with van der Waals surface area (Å²) in [6.07, 6.45) is 0. The Morgan fingerprint density at radius 3 is 2.04 bits per heavy atom. The Kier molecular flexibility index (Phi) is 6.98. The van der Waals surface area contributed by atoms with Crippen molar-refractivity contribution in [1.82, 2.24) is 24.1 Å². The van der Waals surface area contributed by atoms with Gasteiger partial charge >= 0.3 is 0 Å². The van der Waals surface area contributed by atoms with Crippen LogP contribution in [-0.2, 0) is 0 Å². The number of fused-ring (bicyclic) bond motifs is 7. The number of hydrogen-bond donors (Lipinski definition) is 0. The van der Waals surface area contributed by atoms with Gasteiger partial charge in [0.2, 0.25) is 0 Å². The molecule has 6 aromatic carbocycles. The van der Waals surface area contributed by atoms with Crippen LogP contribution in [0.4, 0.5) is 0 Å². The van der Waals surface area contributed by atoms with Crippen LogP contribution in [0.1, 0.15) is 11.1 Å². The van der Waals surface area contributed by atoms with E-state index in [0.29, 0.717) is 17.1 Å². The lowest BCUT2D eigenvalue weighted by molar-refractivity contribution is 1.07. The summed E-state index contributed by atoms with van der Waals surface area (Å²) in [5.41, 5.74) is 11.2.